The molecule has 2 aromatic heterocycles. The molecule has 1 atom stereocenters. The van der Waals surface area contributed by atoms with E-state index >= 15 is 0 Å². The first-order valence-corrected chi connectivity index (χ1v) is 6.35. The monoisotopic (exact) mass is 275 g/mol. The van der Waals surface area contributed by atoms with Gasteiger partial charge in [-0.3, -0.25) is 0 Å². The summed E-state index contributed by atoms with van der Waals surface area (Å²) in [5, 5.41) is 3.85. The number of carbonyl (C=O) groups is 1. The lowest BCUT2D eigenvalue weighted by Crippen LogP contribution is -2.54. The fourth-order valence-corrected chi connectivity index (χ4v) is 2.31. The molecule has 1 unspecified atom stereocenters. The van der Waals surface area contributed by atoms with Crippen LogP contribution >= 0.6 is 0 Å². The van der Waals surface area contributed by atoms with Crippen LogP contribution in [0.25, 0.3) is 5.82 Å². The van der Waals surface area contributed by atoms with Crippen LogP contribution in [0.2, 0.25) is 0 Å². The van der Waals surface area contributed by atoms with Gasteiger partial charge in [0.05, 0.1) is 12.4 Å². The Hall–Kier alpha value is -2.44. The maximum absolute atomic E-state index is 12.9. The summed E-state index contributed by atoms with van der Waals surface area (Å²) in [7, 11) is 0. The highest BCUT2D eigenvalue weighted by atomic mass is 19.1. The van der Waals surface area contributed by atoms with E-state index in [1.165, 1.54) is 10.9 Å². The molecule has 2 amide bonds. The Morgan fingerprint density at radius 2 is 2.30 bits per heavy atom. The molecule has 0 spiro atoms. The van der Waals surface area contributed by atoms with Crippen LogP contribution in [0.5, 0.6) is 0 Å². The number of halogens is 1. The molecular weight excluding hydrogens is 261 g/mol. The summed E-state index contributed by atoms with van der Waals surface area (Å²) in [6.07, 6.45) is 5.79. The number of aromatic nitrogens is 3. The molecule has 0 aliphatic carbocycles. The molecule has 0 bridgehead atoms. The molecule has 1 saturated heterocycles. The van der Waals surface area contributed by atoms with Crippen LogP contribution in [0.15, 0.2) is 30.7 Å². The van der Waals surface area contributed by atoms with Gasteiger partial charge >= 0.3 is 6.03 Å². The zero-order valence-corrected chi connectivity index (χ0v) is 10.7. The van der Waals surface area contributed by atoms with Gasteiger partial charge in [0, 0.05) is 18.8 Å². The maximum Gasteiger partial charge on any atom is 0.315 e. The molecule has 0 saturated carbocycles. The number of nitrogens with two attached hydrogens (primary N) is 1. The second-order valence-corrected chi connectivity index (χ2v) is 4.81. The average molecular weight is 275 g/mol. The van der Waals surface area contributed by atoms with Crippen molar-refractivity contribution in [2.24, 2.45) is 5.73 Å². The predicted molar refractivity (Wildman–Crippen MR) is 69.7 cm³/mol. The SMILES string of the molecule is NC(=O)N1CCC1Cc1ccc(-n2cc(F)cn2)nc1. The molecule has 1 fully saturated rings. The largest absolute Gasteiger partial charge is 0.351 e. The number of urea groups is 1. The van der Waals surface area contributed by atoms with Crippen molar-refractivity contribution in [3.05, 3.63) is 42.1 Å². The topological polar surface area (TPSA) is 77.0 Å². The molecule has 3 heterocycles. The quantitative estimate of drug-likeness (QED) is 0.911. The van der Waals surface area contributed by atoms with Crippen LogP contribution in [-0.4, -0.2) is 38.3 Å². The Morgan fingerprint density at radius 3 is 2.80 bits per heavy atom. The summed E-state index contributed by atoms with van der Waals surface area (Å²) < 4.78 is 14.2. The van der Waals surface area contributed by atoms with Crippen LogP contribution < -0.4 is 5.73 Å². The first kappa shape index (κ1) is 12.6. The van der Waals surface area contributed by atoms with E-state index in [4.69, 9.17) is 5.73 Å². The van der Waals surface area contributed by atoms with Crippen LogP contribution in [0.3, 0.4) is 0 Å². The second kappa shape index (κ2) is 4.92. The lowest BCUT2D eigenvalue weighted by molar-refractivity contribution is 0.122. The zero-order chi connectivity index (χ0) is 14.1. The van der Waals surface area contributed by atoms with E-state index in [-0.39, 0.29) is 12.1 Å². The van der Waals surface area contributed by atoms with Crippen LogP contribution in [0.4, 0.5) is 9.18 Å². The third-order valence-electron chi connectivity index (χ3n) is 3.49. The molecule has 2 N–H and O–H groups in total. The van der Waals surface area contributed by atoms with Crippen molar-refractivity contribution in [1.82, 2.24) is 19.7 Å². The van der Waals surface area contributed by atoms with Crippen molar-refractivity contribution in [1.29, 1.82) is 0 Å². The maximum atomic E-state index is 12.9. The first-order chi connectivity index (χ1) is 9.63. The van der Waals surface area contributed by atoms with E-state index in [9.17, 15) is 9.18 Å². The molecule has 1 aliphatic heterocycles. The molecule has 2 aromatic rings. The third kappa shape index (κ3) is 2.34. The van der Waals surface area contributed by atoms with Crippen LogP contribution in [0.1, 0.15) is 12.0 Å². The summed E-state index contributed by atoms with van der Waals surface area (Å²) in [6, 6.07) is 3.45. The van der Waals surface area contributed by atoms with Gasteiger partial charge in [-0.15, -0.1) is 0 Å². The molecule has 0 aromatic carbocycles. The van der Waals surface area contributed by atoms with E-state index in [0.717, 1.165) is 31.1 Å². The Labute approximate surface area is 115 Å². The van der Waals surface area contributed by atoms with Gasteiger partial charge in [0.25, 0.3) is 0 Å². The molecule has 1 aliphatic rings. The third-order valence-corrected chi connectivity index (χ3v) is 3.49. The predicted octanol–water partition coefficient (Wildman–Crippen LogP) is 1.10. The Bertz CT molecular complexity index is 624. The smallest absolute Gasteiger partial charge is 0.315 e. The minimum atomic E-state index is -0.401. The standard InChI is InChI=1S/C13H14FN5O/c14-10-7-17-19(8-10)12-2-1-9(6-16-12)5-11-3-4-18(11)13(15)20/h1-2,6-8,11H,3-5H2,(H2,15,20). The minimum Gasteiger partial charge on any atom is -0.351 e. The van der Waals surface area contributed by atoms with E-state index in [0.29, 0.717) is 5.82 Å². The highest BCUT2D eigenvalue weighted by molar-refractivity contribution is 5.73. The second-order valence-electron chi connectivity index (χ2n) is 4.81. The van der Waals surface area contributed by atoms with Gasteiger partial charge in [0.1, 0.15) is 0 Å². The lowest BCUT2D eigenvalue weighted by atomic mass is 9.96. The van der Waals surface area contributed by atoms with Crippen molar-refractivity contribution >= 4 is 6.03 Å². The van der Waals surface area contributed by atoms with E-state index in [1.807, 2.05) is 6.07 Å². The summed E-state index contributed by atoms with van der Waals surface area (Å²) in [5.74, 6) is 0.153. The van der Waals surface area contributed by atoms with E-state index in [1.54, 1.807) is 17.2 Å². The molecular formula is C13H14FN5O. The van der Waals surface area contributed by atoms with E-state index < -0.39 is 5.82 Å². The fraction of sp³-hybridized carbons (Fsp3) is 0.308. The van der Waals surface area contributed by atoms with Gasteiger partial charge in [-0.2, -0.15) is 5.10 Å². The summed E-state index contributed by atoms with van der Waals surface area (Å²) in [6.45, 7) is 0.720. The van der Waals surface area contributed by atoms with Gasteiger partial charge in [-0.05, 0) is 24.5 Å². The summed E-state index contributed by atoms with van der Waals surface area (Å²) in [5.41, 5.74) is 6.28. The zero-order valence-electron chi connectivity index (χ0n) is 10.7. The van der Waals surface area contributed by atoms with Crippen LogP contribution in [0, 0.1) is 5.82 Å². The van der Waals surface area contributed by atoms with E-state index in [2.05, 4.69) is 10.1 Å². The summed E-state index contributed by atoms with van der Waals surface area (Å²) >= 11 is 0. The Morgan fingerprint density at radius 1 is 1.45 bits per heavy atom. The Kier molecular flexibility index (Phi) is 3.09. The Balaban J connectivity index is 1.69. The number of hydrogen-bond donors (Lipinski definition) is 1. The van der Waals surface area contributed by atoms with Gasteiger partial charge in [-0.1, -0.05) is 6.07 Å². The van der Waals surface area contributed by atoms with Crippen LogP contribution in [-0.2, 0) is 6.42 Å². The number of carbonyl (C=O) groups excluding carboxylic acids is 1. The molecule has 7 heteroatoms. The van der Waals surface area contributed by atoms with Crippen molar-refractivity contribution in [2.45, 2.75) is 18.9 Å². The normalized spacial score (nSPS) is 17.9. The van der Waals surface area contributed by atoms with Crippen molar-refractivity contribution < 1.29 is 9.18 Å². The van der Waals surface area contributed by atoms with Gasteiger partial charge in [0.2, 0.25) is 0 Å². The van der Waals surface area contributed by atoms with Gasteiger partial charge < -0.3 is 10.6 Å². The van der Waals surface area contributed by atoms with Gasteiger partial charge in [0.15, 0.2) is 11.6 Å². The van der Waals surface area contributed by atoms with Crippen molar-refractivity contribution in [3.8, 4) is 5.82 Å². The molecule has 104 valence electrons. The van der Waals surface area contributed by atoms with Gasteiger partial charge in [-0.25, -0.2) is 18.9 Å². The highest BCUT2D eigenvalue weighted by Crippen LogP contribution is 2.21. The lowest BCUT2D eigenvalue weighted by Gasteiger charge is -2.39. The first-order valence-electron chi connectivity index (χ1n) is 6.35. The number of rotatable bonds is 3. The molecule has 20 heavy (non-hydrogen) atoms. The fourth-order valence-electron chi connectivity index (χ4n) is 2.31. The molecule has 6 nitrogen and oxygen atoms in total. The van der Waals surface area contributed by atoms with Crippen molar-refractivity contribution in [3.63, 3.8) is 0 Å². The number of nitrogens with zero attached hydrogens (tertiary/aromatic N) is 4. The number of amides is 2. The molecule has 0 radical (unpaired) electrons. The number of hydrogen-bond acceptors (Lipinski definition) is 3. The number of likely N-dealkylation sites (tertiary alicyclic amines) is 1. The number of pyridine rings is 1. The molecule has 3 rings (SSSR count). The number of primary amides is 1. The van der Waals surface area contributed by atoms with Crippen molar-refractivity contribution in [2.75, 3.05) is 6.54 Å². The average Bonchev–Trinajstić information content (AvgIpc) is 2.81. The summed E-state index contributed by atoms with van der Waals surface area (Å²) in [4.78, 5) is 17.0. The highest BCUT2D eigenvalue weighted by Gasteiger charge is 2.30. The minimum absolute atomic E-state index is 0.155.